The van der Waals surface area contributed by atoms with Gasteiger partial charge in [0.2, 0.25) is 0 Å². The van der Waals surface area contributed by atoms with Crippen molar-refractivity contribution < 1.29 is 5.11 Å². The summed E-state index contributed by atoms with van der Waals surface area (Å²) in [4.78, 5) is 0. The van der Waals surface area contributed by atoms with Crippen LogP contribution in [0.3, 0.4) is 0 Å². The van der Waals surface area contributed by atoms with Crippen molar-refractivity contribution in [1.82, 2.24) is 0 Å². The topological polar surface area (TPSA) is 20.2 Å². The standard InChI is InChI=1S/C22H28O/c1-4-15-6-8-17-16(14-15)7-9-19-18(17)10-12-21(3)20(19)11-13-22(21,23)5-2/h2,6,8,14,18-20,23H,4,7,9-13H2,1,3H3/t18-,19-,20+,21+,22+/m1/s1. The molecule has 1 aromatic rings. The van der Waals surface area contributed by atoms with Gasteiger partial charge in [-0.25, -0.2) is 0 Å². The Bertz CT molecular complexity index is 669. The molecule has 1 nitrogen and oxygen atoms in total. The molecule has 122 valence electrons. The second kappa shape index (κ2) is 5.12. The van der Waals surface area contributed by atoms with Crippen LogP contribution in [-0.2, 0) is 12.8 Å². The predicted molar refractivity (Wildman–Crippen MR) is 94.2 cm³/mol. The number of terminal acetylenes is 1. The Morgan fingerprint density at radius 3 is 2.83 bits per heavy atom. The van der Waals surface area contributed by atoms with Crippen molar-refractivity contribution in [3.63, 3.8) is 0 Å². The summed E-state index contributed by atoms with van der Waals surface area (Å²) in [5, 5.41) is 11.0. The fraction of sp³-hybridized carbons (Fsp3) is 0.636. The Balaban J connectivity index is 1.70. The summed E-state index contributed by atoms with van der Waals surface area (Å²) in [5.74, 6) is 4.74. The van der Waals surface area contributed by atoms with Crippen LogP contribution in [0.2, 0.25) is 0 Å². The molecule has 3 aliphatic rings. The third kappa shape index (κ3) is 1.97. The highest BCUT2D eigenvalue weighted by Gasteiger charge is 2.61. The Morgan fingerprint density at radius 1 is 1.26 bits per heavy atom. The molecule has 0 amide bonds. The molecule has 5 atom stereocenters. The molecule has 1 aromatic carbocycles. The first kappa shape index (κ1) is 15.3. The van der Waals surface area contributed by atoms with Gasteiger partial charge in [0.25, 0.3) is 0 Å². The van der Waals surface area contributed by atoms with E-state index in [4.69, 9.17) is 6.42 Å². The molecule has 0 aromatic heterocycles. The van der Waals surface area contributed by atoms with Crippen molar-refractivity contribution in [2.24, 2.45) is 17.3 Å². The van der Waals surface area contributed by atoms with Crippen LogP contribution >= 0.6 is 0 Å². The van der Waals surface area contributed by atoms with Crippen LogP contribution in [0.25, 0.3) is 0 Å². The highest BCUT2D eigenvalue weighted by Crippen LogP contribution is 2.64. The Labute approximate surface area is 140 Å². The van der Waals surface area contributed by atoms with E-state index in [9.17, 15) is 5.11 Å². The zero-order valence-electron chi connectivity index (χ0n) is 14.4. The molecule has 1 N–H and O–H groups in total. The lowest BCUT2D eigenvalue weighted by molar-refractivity contribution is -0.0646. The molecule has 0 heterocycles. The van der Waals surface area contributed by atoms with E-state index >= 15 is 0 Å². The van der Waals surface area contributed by atoms with Crippen LogP contribution in [0, 0.1) is 29.6 Å². The molecule has 0 spiro atoms. The monoisotopic (exact) mass is 308 g/mol. The maximum Gasteiger partial charge on any atom is 0.130 e. The molecule has 0 unspecified atom stereocenters. The molecule has 0 saturated heterocycles. The number of hydrogen-bond acceptors (Lipinski definition) is 1. The third-order valence-electron chi connectivity index (χ3n) is 7.59. The van der Waals surface area contributed by atoms with Crippen molar-refractivity contribution in [1.29, 1.82) is 0 Å². The normalized spacial score (nSPS) is 41.6. The number of fused-ring (bicyclic) bond motifs is 5. The maximum atomic E-state index is 11.0. The van der Waals surface area contributed by atoms with Crippen molar-refractivity contribution in [2.45, 2.75) is 70.3 Å². The Morgan fingerprint density at radius 2 is 2.09 bits per heavy atom. The van der Waals surface area contributed by atoms with Gasteiger partial charge in [-0.3, -0.25) is 0 Å². The van der Waals surface area contributed by atoms with Crippen molar-refractivity contribution >= 4 is 0 Å². The fourth-order valence-electron chi connectivity index (χ4n) is 6.11. The number of benzene rings is 1. The molecular formula is C22H28O. The molecule has 1 heteroatoms. The first-order valence-electron chi connectivity index (χ1n) is 9.34. The lowest BCUT2D eigenvalue weighted by Gasteiger charge is -2.52. The first-order chi connectivity index (χ1) is 11.0. The molecule has 2 saturated carbocycles. The number of rotatable bonds is 1. The summed E-state index contributed by atoms with van der Waals surface area (Å²) >= 11 is 0. The van der Waals surface area contributed by atoms with Crippen LogP contribution in [0.4, 0.5) is 0 Å². The fourth-order valence-corrected chi connectivity index (χ4v) is 6.11. The van der Waals surface area contributed by atoms with Gasteiger partial charge in [0.05, 0.1) is 0 Å². The van der Waals surface area contributed by atoms with E-state index in [1.807, 2.05) is 0 Å². The molecule has 0 bridgehead atoms. The van der Waals surface area contributed by atoms with E-state index < -0.39 is 5.60 Å². The van der Waals surface area contributed by atoms with E-state index in [-0.39, 0.29) is 5.41 Å². The first-order valence-corrected chi connectivity index (χ1v) is 9.34. The molecule has 23 heavy (non-hydrogen) atoms. The average molecular weight is 308 g/mol. The highest BCUT2D eigenvalue weighted by molar-refractivity contribution is 5.39. The number of aliphatic hydroxyl groups is 1. The zero-order chi connectivity index (χ0) is 16.2. The minimum atomic E-state index is -0.880. The maximum absolute atomic E-state index is 11.0. The highest BCUT2D eigenvalue weighted by atomic mass is 16.3. The molecule has 2 fully saturated rings. The predicted octanol–water partition coefficient (Wildman–Crippen LogP) is 4.47. The van der Waals surface area contributed by atoms with E-state index in [0.29, 0.717) is 17.8 Å². The molecule has 3 aliphatic carbocycles. The van der Waals surface area contributed by atoms with Crippen LogP contribution < -0.4 is 0 Å². The van der Waals surface area contributed by atoms with Crippen molar-refractivity contribution in [3.05, 3.63) is 34.9 Å². The lowest BCUT2D eigenvalue weighted by atomic mass is 9.53. The SMILES string of the molecule is C#C[C@]1(O)CC[C@H]2[C@@H]3CCc4cc(CC)ccc4[C@H]3CC[C@@]21C. The largest absolute Gasteiger partial charge is 0.377 e. The second-order valence-corrected chi connectivity index (χ2v) is 8.30. The van der Waals surface area contributed by atoms with E-state index in [1.54, 1.807) is 11.1 Å². The molecule has 4 rings (SSSR count). The van der Waals surface area contributed by atoms with Gasteiger partial charge in [-0.2, -0.15) is 0 Å². The summed E-state index contributed by atoms with van der Waals surface area (Å²) in [6, 6.07) is 7.16. The number of aryl methyl sites for hydroxylation is 2. The quantitative estimate of drug-likeness (QED) is 0.759. The summed E-state index contributed by atoms with van der Waals surface area (Å²) < 4.78 is 0. The van der Waals surface area contributed by atoms with Crippen LogP contribution in [0.15, 0.2) is 18.2 Å². The van der Waals surface area contributed by atoms with E-state index in [0.717, 1.165) is 25.7 Å². The Kier molecular flexibility index (Phi) is 3.40. The summed E-state index contributed by atoms with van der Waals surface area (Å²) in [6.45, 7) is 4.50. The zero-order valence-corrected chi connectivity index (χ0v) is 14.4. The van der Waals surface area contributed by atoms with Crippen molar-refractivity contribution in [2.75, 3.05) is 0 Å². The van der Waals surface area contributed by atoms with Gasteiger partial charge in [0, 0.05) is 5.41 Å². The van der Waals surface area contributed by atoms with Gasteiger partial charge in [-0.15, -0.1) is 6.42 Å². The van der Waals surface area contributed by atoms with Crippen molar-refractivity contribution in [3.8, 4) is 12.3 Å². The minimum absolute atomic E-state index is 0.0796. The van der Waals surface area contributed by atoms with Gasteiger partial charge in [0.15, 0.2) is 0 Å². The number of hydrogen-bond donors (Lipinski definition) is 1. The summed E-state index contributed by atoms with van der Waals surface area (Å²) in [6.07, 6.45) is 13.5. The van der Waals surface area contributed by atoms with Crippen LogP contribution in [0.5, 0.6) is 0 Å². The van der Waals surface area contributed by atoms with Gasteiger partial charge in [-0.05, 0) is 79.4 Å². The average Bonchev–Trinajstić information content (AvgIpc) is 2.86. The Hall–Kier alpha value is -1.26. The lowest BCUT2D eigenvalue weighted by Crippen LogP contribution is -2.50. The second-order valence-electron chi connectivity index (χ2n) is 8.30. The van der Waals surface area contributed by atoms with Crippen LogP contribution in [0.1, 0.15) is 68.6 Å². The molecular weight excluding hydrogens is 280 g/mol. The summed E-state index contributed by atoms with van der Waals surface area (Å²) in [7, 11) is 0. The van der Waals surface area contributed by atoms with Gasteiger partial charge < -0.3 is 5.11 Å². The van der Waals surface area contributed by atoms with Gasteiger partial charge in [0.1, 0.15) is 5.60 Å². The van der Waals surface area contributed by atoms with Gasteiger partial charge >= 0.3 is 0 Å². The van der Waals surface area contributed by atoms with Gasteiger partial charge in [-0.1, -0.05) is 38.0 Å². The smallest absolute Gasteiger partial charge is 0.130 e. The molecule has 0 aliphatic heterocycles. The minimum Gasteiger partial charge on any atom is -0.377 e. The molecule has 0 radical (unpaired) electrons. The summed E-state index contributed by atoms with van der Waals surface area (Å²) in [5.41, 5.74) is 3.68. The van der Waals surface area contributed by atoms with E-state index in [2.05, 4.69) is 38.0 Å². The van der Waals surface area contributed by atoms with Crippen LogP contribution in [-0.4, -0.2) is 10.7 Å². The van der Waals surface area contributed by atoms with E-state index in [1.165, 1.54) is 24.8 Å². The third-order valence-corrected chi connectivity index (χ3v) is 7.59.